The zero-order chi connectivity index (χ0) is 19.9. The first-order chi connectivity index (χ1) is 13.6. The standard InChI is InChI=1S/C20H27N5O2S/c1-3-25-18(15-9-7-8-14(2)12-15)23-24-20(25)28-13-17(26)22-19(27)21-16-10-5-4-6-11-16/h7-9,12,16H,3-6,10-11,13H2,1-2H3,(H2,21,22,26,27). The summed E-state index contributed by atoms with van der Waals surface area (Å²) in [4.78, 5) is 24.1. The molecule has 0 radical (unpaired) electrons. The van der Waals surface area contributed by atoms with E-state index < -0.39 is 6.03 Å². The summed E-state index contributed by atoms with van der Waals surface area (Å²) < 4.78 is 1.98. The van der Waals surface area contributed by atoms with Crippen molar-refractivity contribution in [3.63, 3.8) is 0 Å². The molecule has 1 aliphatic rings. The van der Waals surface area contributed by atoms with Gasteiger partial charge in [-0.1, -0.05) is 54.8 Å². The number of hydrogen-bond donors (Lipinski definition) is 2. The van der Waals surface area contributed by atoms with E-state index in [0.717, 1.165) is 42.6 Å². The Labute approximate surface area is 169 Å². The summed E-state index contributed by atoms with van der Waals surface area (Å²) in [7, 11) is 0. The van der Waals surface area contributed by atoms with Crippen molar-refractivity contribution in [2.75, 3.05) is 5.75 Å². The molecule has 7 nitrogen and oxygen atoms in total. The van der Waals surface area contributed by atoms with Crippen molar-refractivity contribution in [3.05, 3.63) is 29.8 Å². The Kier molecular flexibility index (Phi) is 7.08. The Morgan fingerprint density at radius 1 is 1.21 bits per heavy atom. The molecule has 1 aromatic heterocycles. The second-order valence-corrected chi connectivity index (χ2v) is 8.01. The normalized spacial score (nSPS) is 14.6. The average molecular weight is 402 g/mol. The summed E-state index contributed by atoms with van der Waals surface area (Å²) in [6.07, 6.45) is 5.45. The van der Waals surface area contributed by atoms with Gasteiger partial charge in [0.1, 0.15) is 0 Å². The van der Waals surface area contributed by atoms with Gasteiger partial charge in [-0.15, -0.1) is 10.2 Å². The van der Waals surface area contributed by atoms with Gasteiger partial charge in [-0.05, 0) is 32.8 Å². The van der Waals surface area contributed by atoms with Crippen molar-refractivity contribution in [2.45, 2.75) is 63.7 Å². The van der Waals surface area contributed by atoms with Crippen LogP contribution in [-0.2, 0) is 11.3 Å². The maximum Gasteiger partial charge on any atom is 0.321 e. The molecule has 3 rings (SSSR count). The highest BCUT2D eigenvalue weighted by Crippen LogP contribution is 2.24. The first kappa shape index (κ1) is 20.4. The third-order valence-electron chi connectivity index (χ3n) is 4.84. The Bertz CT molecular complexity index is 830. The summed E-state index contributed by atoms with van der Waals surface area (Å²) >= 11 is 1.28. The van der Waals surface area contributed by atoms with Crippen molar-refractivity contribution in [2.24, 2.45) is 0 Å². The van der Waals surface area contributed by atoms with E-state index in [2.05, 4.69) is 26.9 Å². The van der Waals surface area contributed by atoms with Gasteiger partial charge in [0.05, 0.1) is 5.75 Å². The van der Waals surface area contributed by atoms with Gasteiger partial charge in [-0.2, -0.15) is 0 Å². The number of hydrogen-bond acceptors (Lipinski definition) is 5. The highest BCUT2D eigenvalue weighted by molar-refractivity contribution is 7.99. The number of amides is 3. The van der Waals surface area contributed by atoms with Crippen LogP contribution in [0.4, 0.5) is 4.79 Å². The number of benzene rings is 1. The minimum Gasteiger partial charge on any atom is -0.335 e. The van der Waals surface area contributed by atoms with E-state index in [1.54, 1.807) is 0 Å². The number of carbonyl (C=O) groups is 2. The molecule has 1 saturated carbocycles. The Hall–Kier alpha value is -2.35. The first-order valence-electron chi connectivity index (χ1n) is 9.80. The zero-order valence-corrected chi connectivity index (χ0v) is 17.2. The minimum absolute atomic E-state index is 0.115. The van der Waals surface area contributed by atoms with Crippen molar-refractivity contribution in [1.29, 1.82) is 0 Å². The van der Waals surface area contributed by atoms with E-state index in [1.165, 1.54) is 18.2 Å². The minimum atomic E-state index is -0.407. The number of imide groups is 1. The highest BCUT2D eigenvalue weighted by atomic mass is 32.2. The van der Waals surface area contributed by atoms with Gasteiger partial charge in [0, 0.05) is 18.2 Å². The zero-order valence-electron chi connectivity index (χ0n) is 16.4. The molecule has 0 bridgehead atoms. The van der Waals surface area contributed by atoms with Crippen LogP contribution in [0.3, 0.4) is 0 Å². The summed E-state index contributed by atoms with van der Waals surface area (Å²) in [5.41, 5.74) is 2.15. The van der Waals surface area contributed by atoms with Gasteiger partial charge in [-0.3, -0.25) is 10.1 Å². The van der Waals surface area contributed by atoms with Crippen LogP contribution in [0, 0.1) is 6.92 Å². The van der Waals surface area contributed by atoms with Crippen LogP contribution in [0.25, 0.3) is 11.4 Å². The number of urea groups is 1. The highest BCUT2D eigenvalue weighted by Gasteiger charge is 2.18. The molecular formula is C20H27N5O2S. The summed E-state index contributed by atoms with van der Waals surface area (Å²) in [5, 5.41) is 14.5. The van der Waals surface area contributed by atoms with E-state index in [9.17, 15) is 9.59 Å². The summed E-state index contributed by atoms with van der Waals surface area (Å²) in [6.45, 7) is 4.75. The third kappa shape index (κ3) is 5.34. The van der Waals surface area contributed by atoms with Crippen molar-refractivity contribution in [1.82, 2.24) is 25.4 Å². The van der Waals surface area contributed by atoms with Crippen LogP contribution in [0.2, 0.25) is 0 Å². The number of rotatable bonds is 6. The topological polar surface area (TPSA) is 88.9 Å². The molecule has 1 aromatic carbocycles. The lowest BCUT2D eigenvalue weighted by Gasteiger charge is -2.22. The van der Waals surface area contributed by atoms with Crippen molar-refractivity contribution in [3.8, 4) is 11.4 Å². The van der Waals surface area contributed by atoms with E-state index in [0.29, 0.717) is 11.7 Å². The van der Waals surface area contributed by atoms with Gasteiger partial charge < -0.3 is 9.88 Å². The lowest BCUT2D eigenvalue weighted by Crippen LogP contribution is -2.45. The Morgan fingerprint density at radius 2 is 2.00 bits per heavy atom. The fourth-order valence-corrected chi connectivity index (χ4v) is 4.24. The quantitative estimate of drug-likeness (QED) is 0.723. The molecule has 1 aliphatic carbocycles. The number of aryl methyl sites for hydroxylation is 1. The maximum atomic E-state index is 12.1. The van der Waals surface area contributed by atoms with Crippen molar-refractivity contribution < 1.29 is 9.59 Å². The van der Waals surface area contributed by atoms with E-state index >= 15 is 0 Å². The summed E-state index contributed by atoms with van der Waals surface area (Å²) in [5.74, 6) is 0.564. The second kappa shape index (κ2) is 9.73. The average Bonchev–Trinajstić information content (AvgIpc) is 3.10. The molecule has 8 heteroatoms. The molecule has 0 saturated heterocycles. The molecule has 2 aromatic rings. The fourth-order valence-electron chi connectivity index (χ4n) is 3.44. The molecule has 0 aliphatic heterocycles. The molecule has 3 amide bonds. The molecule has 1 fully saturated rings. The van der Waals surface area contributed by atoms with Crippen LogP contribution in [0.5, 0.6) is 0 Å². The number of aromatic nitrogens is 3. The van der Waals surface area contributed by atoms with E-state index in [4.69, 9.17) is 0 Å². The van der Waals surface area contributed by atoms with Crippen LogP contribution in [0.15, 0.2) is 29.4 Å². The van der Waals surface area contributed by atoms with E-state index in [1.807, 2.05) is 36.6 Å². The Morgan fingerprint density at radius 3 is 2.71 bits per heavy atom. The van der Waals surface area contributed by atoms with Crippen LogP contribution in [0.1, 0.15) is 44.6 Å². The lowest BCUT2D eigenvalue weighted by atomic mass is 9.96. The molecule has 150 valence electrons. The molecule has 0 unspecified atom stereocenters. The van der Waals surface area contributed by atoms with E-state index in [-0.39, 0.29) is 17.7 Å². The molecule has 2 N–H and O–H groups in total. The van der Waals surface area contributed by atoms with Gasteiger partial charge in [0.25, 0.3) is 0 Å². The largest absolute Gasteiger partial charge is 0.335 e. The van der Waals surface area contributed by atoms with Gasteiger partial charge >= 0.3 is 6.03 Å². The Balaban J connectivity index is 1.55. The monoisotopic (exact) mass is 401 g/mol. The SMILES string of the molecule is CCn1c(SCC(=O)NC(=O)NC2CCCCC2)nnc1-c1cccc(C)c1. The smallest absolute Gasteiger partial charge is 0.321 e. The number of nitrogens with one attached hydrogen (secondary N) is 2. The number of thioether (sulfide) groups is 1. The van der Waals surface area contributed by atoms with Gasteiger partial charge in [0.15, 0.2) is 11.0 Å². The summed E-state index contributed by atoms with van der Waals surface area (Å²) in [6, 6.07) is 7.86. The molecule has 0 atom stereocenters. The molecule has 0 spiro atoms. The van der Waals surface area contributed by atoms with Gasteiger partial charge in [-0.25, -0.2) is 4.79 Å². The molecular weight excluding hydrogens is 374 g/mol. The van der Waals surface area contributed by atoms with Crippen LogP contribution >= 0.6 is 11.8 Å². The predicted octanol–water partition coefficient (Wildman–Crippen LogP) is 3.52. The molecule has 1 heterocycles. The number of nitrogens with zero attached hydrogens (tertiary/aromatic N) is 3. The maximum absolute atomic E-state index is 12.1. The van der Waals surface area contributed by atoms with Crippen LogP contribution in [-0.4, -0.2) is 38.5 Å². The molecule has 28 heavy (non-hydrogen) atoms. The predicted molar refractivity (Wildman–Crippen MR) is 110 cm³/mol. The van der Waals surface area contributed by atoms with Gasteiger partial charge in [0.2, 0.25) is 5.91 Å². The van der Waals surface area contributed by atoms with Crippen LogP contribution < -0.4 is 10.6 Å². The second-order valence-electron chi connectivity index (χ2n) is 7.07. The number of carbonyl (C=O) groups excluding carboxylic acids is 2. The first-order valence-corrected chi connectivity index (χ1v) is 10.8. The third-order valence-corrected chi connectivity index (χ3v) is 5.80. The fraction of sp³-hybridized carbons (Fsp3) is 0.500. The lowest BCUT2D eigenvalue weighted by molar-refractivity contribution is -0.117. The van der Waals surface area contributed by atoms with Crippen molar-refractivity contribution >= 4 is 23.7 Å².